The molecule has 2 heterocycles. The molecule has 1 aliphatic heterocycles. The lowest BCUT2D eigenvalue weighted by Gasteiger charge is -2.36. The van der Waals surface area contributed by atoms with Crippen LogP contribution in [0.4, 0.5) is 0 Å². The average Bonchev–Trinajstić information content (AvgIpc) is 3.40. The van der Waals surface area contributed by atoms with Crippen LogP contribution in [0.1, 0.15) is 21.7 Å². The summed E-state index contributed by atoms with van der Waals surface area (Å²) < 4.78 is 11.1. The number of hydrogen-bond donors (Lipinski definition) is 1. The maximum Gasteiger partial charge on any atom is 0.289 e. The SMILES string of the molecule is CN=C(NCc1ccc(OCc2ccccc2)cc1)N1CCN(C(=O)c2ccco2)CC1.I. The van der Waals surface area contributed by atoms with Crippen molar-refractivity contribution in [2.24, 2.45) is 4.99 Å². The second-order valence-electron chi connectivity index (χ2n) is 7.58. The van der Waals surface area contributed by atoms with Gasteiger partial charge < -0.3 is 24.3 Å². The van der Waals surface area contributed by atoms with Crippen LogP contribution in [-0.4, -0.2) is 54.9 Å². The lowest BCUT2D eigenvalue weighted by atomic mass is 10.2. The van der Waals surface area contributed by atoms with E-state index in [4.69, 9.17) is 9.15 Å². The number of furan rings is 1. The van der Waals surface area contributed by atoms with Gasteiger partial charge in [0.25, 0.3) is 5.91 Å². The van der Waals surface area contributed by atoms with Crippen molar-refractivity contribution < 1.29 is 13.9 Å². The molecule has 0 radical (unpaired) electrons. The molecule has 0 atom stereocenters. The van der Waals surface area contributed by atoms with Gasteiger partial charge in [0.15, 0.2) is 11.7 Å². The fourth-order valence-electron chi connectivity index (χ4n) is 3.64. The average molecular weight is 560 g/mol. The minimum absolute atomic E-state index is 0. The van der Waals surface area contributed by atoms with E-state index in [1.165, 1.54) is 6.26 Å². The van der Waals surface area contributed by atoms with E-state index in [9.17, 15) is 4.79 Å². The summed E-state index contributed by atoms with van der Waals surface area (Å²) in [6.07, 6.45) is 1.52. The summed E-state index contributed by atoms with van der Waals surface area (Å²) >= 11 is 0. The normalized spacial score (nSPS) is 13.9. The number of carbonyl (C=O) groups excluding carboxylic acids is 1. The summed E-state index contributed by atoms with van der Waals surface area (Å²) in [5, 5.41) is 3.42. The van der Waals surface area contributed by atoms with Crippen LogP contribution < -0.4 is 10.1 Å². The lowest BCUT2D eigenvalue weighted by Crippen LogP contribution is -2.53. The van der Waals surface area contributed by atoms with Crippen LogP contribution in [0.2, 0.25) is 0 Å². The molecule has 1 fully saturated rings. The molecule has 3 aromatic rings. The number of nitrogens with one attached hydrogen (secondary N) is 1. The Bertz CT molecular complexity index is 1020. The molecule has 4 rings (SSSR count). The first-order valence-corrected chi connectivity index (χ1v) is 10.8. The molecule has 1 amide bonds. The number of carbonyl (C=O) groups is 1. The van der Waals surface area contributed by atoms with Crippen molar-refractivity contribution in [2.45, 2.75) is 13.2 Å². The molecule has 8 heteroatoms. The highest BCUT2D eigenvalue weighted by Gasteiger charge is 2.25. The molecule has 174 valence electrons. The van der Waals surface area contributed by atoms with Crippen LogP contribution >= 0.6 is 24.0 Å². The number of nitrogens with zero attached hydrogens (tertiary/aromatic N) is 3. The monoisotopic (exact) mass is 560 g/mol. The quantitative estimate of drug-likeness (QED) is 0.281. The molecule has 1 aliphatic rings. The van der Waals surface area contributed by atoms with E-state index in [1.54, 1.807) is 19.2 Å². The highest BCUT2D eigenvalue weighted by atomic mass is 127. The Hall–Kier alpha value is -3.01. The first kappa shape index (κ1) is 24.6. The van der Waals surface area contributed by atoms with E-state index in [0.29, 0.717) is 32.0 Å². The summed E-state index contributed by atoms with van der Waals surface area (Å²) in [6, 6.07) is 21.6. The number of ether oxygens (including phenoxy) is 1. The first-order chi connectivity index (χ1) is 15.7. The van der Waals surface area contributed by atoms with Crippen LogP contribution in [0.3, 0.4) is 0 Å². The van der Waals surface area contributed by atoms with E-state index in [1.807, 2.05) is 35.2 Å². The Morgan fingerprint density at radius 1 is 0.939 bits per heavy atom. The Balaban J connectivity index is 0.00000306. The Labute approximate surface area is 211 Å². The Kier molecular flexibility index (Phi) is 9.17. The molecule has 0 spiro atoms. The number of rotatable bonds is 6. The van der Waals surface area contributed by atoms with Crippen molar-refractivity contribution >= 4 is 35.8 Å². The molecule has 0 aliphatic carbocycles. The number of amides is 1. The smallest absolute Gasteiger partial charge is 0.289 e. The van der Waals surface area contributed by atoms with Crippen molar-refractivity contribution in [3.05, 3.63) is 89.9 Å². The molecular weight excluding hydrogens is 531 g/mol. The van der Waals surface area contributed by atoms with Gasteiger partial charge in [-0.1, -0.05) is 42.5 Å². The number of guanidine groups is 1. The molecule has 1 saturated heterocycles. The highest BCUT2D eigenvalue weighted by molar-refractivity contribution is 14.0. The number of hydrogen-bond acceptors (Lipinski definition) is 4. The summed E-state index contributed by atoms with van der Waals surface area (Å²) in [4.78, 5) is 20.8. The topological polar surface area (TPSA) is 70.3 Å². The standard InChI is InChI=1S/C25H28N4O3.HI/c1-26-25(29-15-13-28(14-16-29)24(30)23-8-5-17-31-23)27-18-20-9-11-22(12-10-20)32-19-21-6-3-2-4-7-21;/h2-12,17H,13-16,18-19H2,1H3,(H,26,27);1H. The Morgan fingerprint density at radius 2 is 1.64 bits per heavy atom. The van der Waals surface area contributed by atoms with Crippen molar-refractivity contribution in [1.82, 2.24) is 15.1 Å². The Morgan fingerprint density at radius 3 is 2.27 bits per heavy atom. The van der Waals surface area contributed by atoms with Crippen LogP contribution in [0, 0.1) is 0 Å². The van der Waals surface area contributed by atoms with E-state index < -0.39 is 0 Å². The lowest BCUT2D eigenvalue weighted by molar-refractivity contribution is 0.0657. The van der Waals surface area contributed by atoms with Gasteiger partial charge >= 0.3 is 0 Å². The van der Waals surface area contributed by atoms with Crippen LogP contribution in [0.5, 0.6) is 5.75 Å². The second kappa shape index (κ2) is 12.3. The predicted molar refractivity (Wildman–Crippen MR) is 139 cm³/mol. The van der Waals surface area contributed by atoms with Gasteiger partial charge in [-0.2, -0.15) is 0 Å². The summed E-state index contributed by atoms with van der Waals surface area (Å²) in [5.41, 5.74) is 2.29. The molecule has 1 aromatic heterocycles. The third-order valence-corrected chi connectivity index (χ3v) is 5.43. The van der Waals surface area contributed by atoms with Gasteiger partial charge in [-0.3, -0.25) is 9.79 Å². The minimum atomic E-state index is -0.0628. The minimum Gasteiger partial charge on any atom is -0.489 e. The van der Waals surface area contributed by atoms with E-state index in [-0.39, 0.29) is 29.9 Å². The van der Waals surface area contributed by atoms with Gasteiger partial charge in [0.1, 0.15) is 12.4 Å². The van der Waals surface area contributed by atoms with Crippen molar-refractivity contribution in [1.29, 1.82) is 0 Å². The number of aliphatic imine (C=N–C) groups is 1. The van der Waals surface area contributed by atoms with Crippen molar-refractivity contribution in [3.8, 4) is 5.75 Å². The summed E-state index contributed by atoms with van der Waals surface area (Å²) in [7, 11) is 1.78. The molecule has 7 nitrogen and oxygen atoms in total. The fourth-order valence-corrected chi connectivity index (χ4v) is 3.64. The maximum atomic E-state index is 12.4. The summed E-state index contributed by atoms with van der Waals surface area (Å²) in [5.74, 6) is 2.00. The van der Waals surface area contributed by atoms with Crippen molar-refractivity contribution in [2.75, 3.05) is 33.2 Å². The predicted octanol–water partition coefficient (Wildman–Crippen LogP) is 4.01. The molecule has 0 bridgehead atoms. The zero-order valence-electron chi connectivity index (χ0n) is 18.6. The largest absolute Gasteiger partial charge is 0.489 e. The number of halogens is 1. The fraction of sp³-hybridized carbons (Fsp3) is 0.280. The molecule has 2 aromatic carbocycles. The van der Waals surface area contributed by atoms with Crippen molar-refractivity contribution in [3.63, 3.8) is 0 Å². The van der Waals surface area contributed by atoms with Gasteiger partial charge in [0, 0.05) is 39.8 Å². The third kappa shape index (κ3) is 6.74. The summed E-state index contributed by atoms with van der Waals surface area (Å²) in [6.45, 7) is 3.93. The zero-order valence-corrected chi connectivity index (χ0v) is 21.0. The number of piperazine rings is 1. The highest BCUT2D eigenvalue weighted by Crippen LogP contribution is 2.15. The van der Waals surface area contributed by atoms with Gasteiger partial charge in [-0.25, -0.2) is 0 Å². The molecule has 1 N–H and O–H groups in total. The number of benzene rings is 2. The van der Waals surface area contributed by atoms with Gasteiger partial charge in [-0.15, -0.1) is 24.0 Å². The molecule has 33 heavy (non-hydrogen) atoms. The van der Waals surface area contributed by atoms with Crippen LogP contribution in [0.25, 0.3) is 0 Å². The zero-order chi connectivity index (χ0) is 22.2. The second-order valence-corrected chi connectivity index (χ2v) is 7.58. The van der Waals surface area contributed by atoms with Gasteiger partial charge in [-0.05, 0) is 35.4 Å². The van der Waals surface area contributed by atoms with E-state index >= 15 is 0 Å². The van der Waals surface area contributed by atoms with Crippen LogP contribution in [-0.2, 0) is 13.2 Å². The van der Waals surface area contributed by atoms with Gasteiger partial charge in [0.2, 0.25) is 0 Å². The van der Waals surface area contributed by atoms with Crippen LogP contribution in [0.15, 0.2) is 82.4 Å². The third-order valence-electron chi connectivity index (χ3n) is 5.43. The molecule has 0 saturated carbocycles. The van der Waals surface area contributed by atoms with Gasteiger partial charge in [0.05, 0.1) is 6.26 Å². The maximum absolute atomic E-state index is 12.4. The molecular formula is C25H29IN4O3. The van der Waals surface area contributed by atoms with E-state index in [2.05, 4.69) is 39.5 Å². The first-order valence-electron chi connectivity index (χ1n) is 10.8. The molecule has 0 unspecified atom stereocenters. The van der Waals surface area contributed by atoms with E-state index in [0.717, 1.165) is 35.9 Å².